The van der Waals surface area contributed by atoms with Crippen molar-refractivity contribution in [1.82, 2.24) is 4.90 Å². The van der Waals surface area contributed by atoms with E-state index in [1.54, 1.807) is 12.1 Å². The summed E-state index contributed by atoms with van der Waals surface area (Å²) in [6, 6.07) is 7.92. The first kappa shape index (κ1) is 17.8. The lowest BCUT2D eigenvalue weighted by Gasteiger charge is -2.36. The molecule has 5 nitrogen and oxygen atoms in total. The Bertz CT molecular complexity index is 780. The van der Waals surface area contributed by atoms with Gasteiger partial charge in [-0.25, -0.2) is 8.42 Å². The summed E-state index contributed by atoms with van der Waals surface area (Å²) in [6.07, 6.45) is 7.39. The molecule has 1 aliphatic heterocycles. The first-order valence-electron chi connectivity index (χ1n) is 9.89. The van der Waals surface area contributed by atoms with Gasteiger partial charge in [0.1, 0.15) is 0 Å². The van der Waals surface area contributed by atoms with Gasteiger partial charge < -0.3 is 4.90 Å². The number of hydrogen-bond donors (Lipinski definition) is 0. The van der Waals surface area contributed by atoms with E-state index in [0.717, 1.165) is 31.6 Å². The molecule has 0 atom stereocenters. The fourth-order valence-corrected chi connectivity index (χ4v) is 5.93. The van der Waals surface area contributed by atoms with E-state index >= 15 is 0 Å². The zero-order valence-electron chi connectivity index (χ0n) is 15.4. The van der Waals surface area contributed by atoms with E-state index in [2.05, 4.69) is 11.8 Å². The van der Waals surface area contributed by atoms with Gasteiger partial charge in [-0.05, 0) is 69.1 Å². The van der Waals surface area contributed by atoms with E-state index in [4.69, 9.17) is 0 Å². The van der Waals surface area contributed by atoms with Crippen LogP contribution in [0.25, 0.3) is 0 Å². The lowest BCUT2D eigenvalue weighted by atomic mass is 9.86. The van der Waals surface area contributed by atoms with Crippen LogP contribution < -0.4 is 4.31 Å². The lowest BCUT2D eigenvalue weighted by Crippen LogP contribution is -2.43. The van der Waals surface area contributed by atoms with Crippen molar-refractivity contribution in [3.8, 4) is 0 Å². The highest BCUT2D eigenvalue weighted by atomic mass is 32.2. The number of hydrogen-bond acceptors (Lipinski definition) is 3. The van der Waals surface area contributed by atoms with Crippen molar-refractivity contribution in [2.45, 2.75) is 64.0 Å². The zero-order chi connectivity index (χ0) is 18.3. The molecule has 0 radical (unpaired) electrons. The minimum absolute atomic E-state index is 0.0745. The van der Waals surface area contributed by atoms with Crippen molar-refractivity contribution >= 4 is 21.6 Å². The van der Waals surface area contributed by atoms with E-state index in [1.807, 2.05) is 12.1 Å². The van der Waals surface area contributed by atoms with E-state index in [-0.39, 0.29) is 11.7 Å². The molecule has 1 saturated heterocycles. The first-order valence-corrected chi connectivity index (χ1v) is 11.5. The van der Waals surface area contributed by atoms with Crippen molar-refractivity contribution in [1.29, 1.82) is 0 Å². The quantitative estimate of drug-likeness (QED) is 0.809. The number of carbonyl (C=O) groups excluding carboxylic acids is 1. The molecule has 2 aliphatic carbocycles. The number of anilines is 1. The minimum atomic E-state index is -3.23. The molecule has 0 N–H and O–H groups in total. The number of benzene rings is 1. The SMILES string of the molecule is CC1CCC(N(C(=O)c2cccc(N3CCCS3(=O)=O)c2)C2CC2)CC1. The van der Waals surface area contributed by atoms with Crippen LogP contribution in [0.4, 0.5) is 5.69 Å². The molecule has 1 amide bonds. The smallest absolute Gasteiger partial charge is 0.254 e. The Hall–Kier alpha value is -1.56. The van der Waals surface area contributed by atoms with Crippen molar-refractivity contribution in [2.24, 2.45) is 5.92 Å². The van der Waals surface area contributed by atoms with Gasteiger partial charge in [0.15, 0.2) is 0 Å². The second-order valence-electron chi connectivity index (χ2n) is 8.15. The Morgan fingerprint density at radius 1 is 1.08 bits per heavy atom. The summed E-state index contributed by atoms with van der Waals surface area (Å²) in [5.41, 5.74) is 1.25. The van der Waals surface area contributed by atoms with Crippen molar-refractivity contribution in [2.75, 3.05) is 16.6 Å². The van der Waals surface area contributed by atoms with Crippen molar-refractivity contribution < 1.29 is 13.2 Å². The van der Waals surface area contributed by atoms with Crippen LogP contribution in [0.3, 0.4) is 0 Å². The van der Waals surface area contributed by atoms with Gasteiger partial charge in [0.2, 0.25) is 10.0 Å². The molecule has 0 aromatic heterocycles. The summed E-state index contributed by atoms with van der Waals surface area (Å²) in [4.78, 5) is 15.4. The molecular weight excluding hydrogens is 348 g/mol. The molecule has 1 heterocycles. The molecule has 3 fully saturated rings. The summed E-state index contributed by atoms with van der Waals surface area (Å²) < 4.78 is 25.9. The van der Waals surface area contributed by atoms with E-state index in [0.29, 0.717) is 36.3 Å². The Balaban J connectivity index is 1.58. The van der Waals surface area contributed by atoms with Gasteiger partial charge in [0.25, 0.3) is 5.91 Å². The average molecular weight is 377 g/mol. The van der Waals surface area contributed by atoms with Crippen LogP contribution in [0.2, 0.25) is 0 Å². The minimum Gasteiger partial charge on any atom is -0.333 e. The molecule has 1 aromatic carbocycles. The van der Waals surface area contributed by atoms with Gasteiger partial charge in [0.05, 0.1) is 11.4 Å². The average Bonchev–Trinajstić information content (AvgIpc) is 3.39. The molecule has 4 rings (SSSR count). The maximum atomic E-state index is 13.3. The molecule has 3 aliphatic rings. The van der Waals surface area contributed by atoms with E-state index in [1.165, 1.54) is 17.1 Å². The summed E-state index contributed by atoms with van der Waals surface area (Å²) >= 11 is 0. The van der Waals surface area contributed by atoms with Crippen LogP contribution in [0.1, 0.15) is 62.2 Å². The topological polar surface area (TPSA) is 57.7 Å². The third-order valence-corrected chi connectivity index (χ3v) is 7.90. The monoisotopic (exact) mass is 376 g/mol. The highest BCUT2D eigenvalue weighted by molar-refractivity contribution is 7.93. The van der Waals surface area contributed by atoms with Crippen molar-refractivity contribution in [3.63, 3.8) is 0 Å². The molecule has 0 spiro atoms. The zero-order valence-corrected chi connectivity index (χ0v) is 16.2. The third-order valence-electron chi connectivity index (χ3n) is 6.03. The number of nitrogens with zero attached hydrogens (tertiary/aromatic N) is 2. The van der Waals surface area contributed by atoms with Crippen LogP contribution in [0.5, 0.6) is 0 Å². The van der Waals surface area contributed by atoms with Gasteiger partial charge in [-0.3, -0.25) is 9.10 Å². The van der Waals surface area contributed by atoms with E-state index < -0.39 is 10.0 Å². The molecule has 1 aromatic rings. The standard InChI is InChI=1S/C20H28N2O3S/c1-15-6-8-17(9-7-15)22(18-10-11-18)20(23)16-4-2-5-19(14-16)21-12-3-13-26(21,24)25/h2,4-5,14-15,17-18H,3,6-13H2,1H3. The van der Waals surface area contributed by atoms with Crippen LogP contribution in [-0.4, -0.2) is 43.6 Å². The first-order chi connectivity index (χ1) is 12.5. The predicted octanol–water partition coefficient (Wildman–Crippen LogP) is 3.41. The Labute approximate surface area is 156 Å². The molecule has 2 saturated carbocycles. The lowest BCUT2D eigenvalue weighted by molar-refractivity contribution is 0.0593. The third kappa shape index (κ3) is 3.48. The van der Waals surface area contributed by atoms with Crippen LogP contribution in [0.15, 0.2) is 24.3 Å². The highest BCUT2D eigenvalue weighted by Gasteiger charge is 2.39. The summed E-state index contributed by atoms with van der Waals surface area (Å²) in [5.74, 6) is 1.02. The van der Waals surface area contributed by atoms with Crippen molar-refractivity contribution in [3.05, 3.63) is 29.8 Å². The Morgan fingerprint density at radius 3 is 2.31 bits per heavy atom. The largest absolute Gasteiger partial charge is 0.333 e. The number of carbonyl (C=O) groups is 1. The van der Waals surface area contributed by atoms with Gasteiger partial charge in [-0.2, -0.15) is 0 Å². The molecule has 0 unspecified atom stereocenters. The summed E-state index contributed by atoms with van der Waals surface area (Å²) in [5, 5.41) is 0. The van der Waals surface area contributed by atoms with Gasteiger partial charge in [-0.15, -0.1) is 0 Å². The molecule has 6 heteroatoms. The number of amides is 1. The molecular formula is C20H28N2O3S. The van der Waals surface area contributed by atoms with Gasteiger partial charge >= 0.3 is 0 Å². The van der Waals surface area contributed by atoms with Crippen LogP contribution in [0, 0.1) is 5.92 Å². The van der Waals surface area contributed by atoms with Crippen LogP contribution >= 0.6 is 0 Å². The maximum Gasteiger partial charge on any atom is 0.254 e. The molecule has 142 valence electrons. The maximum absolute atomic E-state index is 13.3. The van der Waals surface area contributed by atoms with E-state index in [9.17, 15) is 13.2 Å². The predicted molar refractivity (Wildman–Crippen MR) is 103 cm³/mol. The Morgan fingerprint density at radius 2 is 1.73 bits per heavy atom. The molecule has 26 heavy (non-hydrogen) atoms. The number of sulfonamides is 1. The highest BCUT2D eigenvalue weighted by Crippen LogP contribution is 2.36. The number of rotatable bonds is 4. The second-order valence-corrected chi connectivity index (χ2v) is 10.2. The Kier molecular flexibility index (Phi) is 4.71. The van der Waals surface area contributed by atoms with Gasteiger partial charge in [0, 0.05) is 24.2 Å². The second kappa shape index (κ2) is 6.87. The van der Waals surface area contributed by atoms with Gasteiger partial charge in [-0.1, -0.05) is 13.0 Å². The van der Waals surface area contributed by atoms with Crippen LogP contribution in [-0.2, 0) is 10.0 Å². The fraction of sp³-hybridized carbons (Fsp3) is 0.650. The fourth-order valence-electron chi connectivity index (χ4n) is 4.38. The summed E-state index contributed by atoms with van der Waals surface area (Å²) in [6.45, 7) is 2.80. The summed E-state index contributed by atoms with van der Waals surface area (Å²) in [7, 11) is -3.23. The normalized spacial score (nSPS) is 28.1. The molecule has 0 bridgehead atoms.